The van der Waals surface area contributed by atoms with E-state index in [4.69, 9.17) is 9.15 Å². The molecule has 2 N–H and O–H groups in total. The highest BCUT2D eigenvalue weighted by atomic mass is 32.2. The van der Waals surface area contributed by atoms with Crippen LogP contribution in [-0.4, -0.2) is 43.5 Å². The van der Waals surface area contributed by atoms with Gasteiger partial charge in [0.2, 0.25) is 5.91 Å². The average molecular weight is 376 g/mol. The summed E-state index contributed by atoms with van der Waals surface area (Å²) in [6, 6.07) is 10.3. The molecule has 0 spiro atoms. The van der Waals surface area contributed by atoms with Crippen LogP contribution in [0.15, 0.2) is 47.1 Å². The second kappa shape index (κ2) is 10.6. The number of ether oxygens (including phenoxy) is 1. The lowest BCUT2D eigenvalue weighted by molar-refractivity contribution is -0.123. The van der Waals surface area contributed by atoms with Gasteiger partial charge in [0.1, 0.15) is 11.8 Å². The Morgan fingerprint density at radius 1 is 1.23 bits per heavy atom. The molecule has 140 valence electrons. The fraction of sp³-hybridized carbons (Fsp3) is 0.368. The summed E-state index contributed by atoms with van der Waals surface area (Å²) in [5.74, 6) is 1.20. The quantitative estimate of drug-likeness (QED) is 0.666. The smallest absolute Gasteiger partial charge is 0.287 e. The topological polar surface area (TPSA) is 80.6 Å². The normalized spacial score (nSPS) is 11.6. The first-order chi connectivity index (χ1) is 12.6. The van der Waals surface area contributed by atoms with Crippen LogP contribution in [0.1, 0.15) is 22.5 Å². The Bertz CT molecular complexity index is 686. The number of benzene rings is 1. The average Bonchev–Trinajstić information content (AvgIpc) is 3.20. The molecule has 0 radical (unpaired) electrons. The summed E-state index contributed by atoms with van der Waals surface area (Å²) in [7, 11) is 1.63. The molecule has 1 heterocycles. The van der Waals surface area contributed by atoms with E-state index in [1.807, 2.05) is 30.5 Å². The van der Waals surface area contributed by atoms with Gasteiger partial charge in [0.15, 0.2) is 5.76 Å². The van der Waals surface area contributed by atoms with Crippen LogP contribution in [0.25, 0.3) is 0 Å². The number of hydrogen-bond donors (Lipinski definition) is 2. The Hall–Kier alpha value is -2.41. The molecule has 0 fully saturated rings. The van der Waals surface area contributed by atoms with E-state index in [0.717, 1.165) is 17.1 Å². The van der Waals surface area contributed by atoms with Crippen LogP contribution in [-0.2, 0) is 11.2 Å². The standard InChI is InChI=1S/C19H24N2O4S/c1-24-15-7-5-14(6-8-15)9-11-20-18(22)16(10-13-26-2)21-19(23)17-4-3-12-25-17/h3-8,12,16H,9-11,13H2,1-2H3,(H,20,22)(H,21,23). The van der Waals surface area contributed by atoms with Gasteiger partial charge in [-0.2, -0.15) is 11.8 Å². The van der Waals surface area contributed by atoms with Crippen molar-refractivity contribution in [1.82, 2.24) is 10.6 Å². The maximum absolute atomic E-state index is 12.5. The molecular formula is C19H24N2O4S. The first-order valence-electron chi connectivity index (χ1n) is 8.38. The first-order valence-corrected chi connectivity index (χ1v) is 9.77. The van der Waals surface area contributed by atoms with Crippen LogP contribution < -0.4 is 15.4 Å². The summed E-state index contributed by atoms with van der Waals surface area (Å²) >= 11 is 1.63. The first kappa shape index (κ1) is 19.9. The molecule has 7 heteroatoms. The zero-order chi connectivity index (χ0) is 18.8. The van der Waals surface area contributed by atoms with E-state index >= 15 is 0 Å². The van der Waals surface area contributed by atoms with Crippen molar-refractivity contribution in [1.29, 1.82) is 0 Å². The molecule has 1 aromatic heterocycles. The molecule has 0 aliphatic carbocycles. The molecule has 0 aliphatic heterocycles. The highest BCUT2D eigenvalue weighted by molar-refractivity contribution is 7.98. The fourth-order valence-electron chi connectivity index (χ4n) is 2.39. The zero-order valence-corrected chi connectivity index (χ0v) is 15.8. The third kappa shape index (κ3) is 6.15. The van der Waals surface area contributed by atoms with Crippen molar-refractivity contribution >= 4 is 23.6 Å². The third-order valence-electron chi connectivity index (χ3n) is 3.85. The van der Waals surface area contributed by atoms with E-state index in [2.05, 4.69) is 10.6 Å². The zero-order valence-electron chi connectivity index (χ0n) is 15.0. The lowest BCUT2D eigenvalue weighted by Crippen LogP contribution is -2.47. The van der Waals surface area contributed by atoms with Crippen molar-refractivity contribution in [3.05, 3.63) is 54.0 Å². The summed E-state index contributed by atoms with van der Waals surface area (Å²) in [5, 5.41) is 5.64. The molecule has 0 saturated carbocycles. The van der Waals surface area contributed by atoms with Gasteiger partial charge in [-0.1, -0.05) is 12.1 Å². The monoisotopic (exact) mass is 376 g/mol. The lowest BCUT2D eigenvalue weighted by atomic mass is 10.1. The predicted molar refractivity (Wildman–Crippen MR) is 103 cm³/mol. The Labute approximate surface area is 157 Å². The Balaban J connectivity index is 1.85. The summed E-state index contributed by atoms with van der Waals surface area (Å²) in [6.07, 6.45) is 4.66. The highest BCUT2D eigenvalue weighted by Gasteiger charge is 2.21. The van der Waals surface area contributed by atoms with Gasteiger partial charge in [-0.05, 0) is 54.7 Å². The van der Waals surface area contributed by atoms with Crippen LogP contribution in [0.3, 0.4) is 0 Å². The minimum absolute atomic E-state index is 0.188. The number of nitrogens with one attached hydrogen (secondary N) is 2. The summed E-state index contributed by atoms with van der Waals surface area (Å²) in [4.78, 5) is 24.6. The molecular weight excluding hydrogens is 352 g/mol. The summed E-state index contributed by atoms with van der Waals surface area (Å²) in [5.41, 5.74) is 1.10. The van der Waals surface area contributed by atoms with Crippen molar-refractivity contribution in [2.45, 2.75) is 18.9 Å². The van der Waals surface area contributed by atoms with E-state index in [1.54, 1.807) is 31.0 Å². The molecule has 0 saturated heterocycles. The molecule has 6 nitrogen and oxygen atoms in total. The number of carbonyl (C=O) groups excluding carboxylic acids is 2. The van der Waals surface area contributed by atoms with Gasteiger partial charge in [0, 0.05) is 6.54 Å². The van der Waals surface area contributed by atoms with Gasteiger partial charge in [0.05, 0.1) is 13.4 Å². The van der Waals surface area contributed by atoms with Crippen LogP contribution in [0.5, 0.6) is 5.75 Å². The number of thioether (sulfide) groups is 1. The highest BCUT2D eigenvalue weighted by Crippen LogP contribution is 2.11. The minimum atomic E-state index is -0.587. The molecule has 2 aromatic rings. The van der Waals surface area contributed by atoms with Gasteiger partial charge in [0.25, 0.3) is 5.91 Å². The molecule has 26 heavy (non-hydrogen) atoms. The van der Waals surface area contributed by atoms with Crippen molar-refractivity contribution in [2.24, 2.45) is 0 Å². The summed E-state index contributed by atoms with van der Waals surface area (Å²) < 4.78 is 10.2. The Morgan fingerprint density at radius 2 is 2.00 bits per heavy atom. The largest absolute Gasteiger partial charge is 0.497 e. The van der Waals surface area contributed by atoms with Crippen molar-refractivity contribution in [2.75, 3.05) is 25.7 Å². The van der Waals surface area contributed by atoms with Crippen LogP contribution in [0, 0.1) is 0 Å². The third-order valence-corrected chi connectivity index (χ3v) is 4.49. The number of furan rings is 1. The second-order valence-corrected chi connectivity index (χ2v) is 6.66. The fourth-order valence-corrected chi connectivity index (χ4v) is 2.86. The van der Waals surface area contributed by atoms with Crippen LogP contribution >= 0.6 is 11.8 Å². The van der Waals surface area contributed by atoms with Crippen LogP contribution in [0.2, 0.25) is 0 Å². The maximum Gasteiger partial charge on any atom is 0.287 e. The van der Waals surface area contributed by atoms with Gasteiger partial charge >= 0.3 is 0 Å². The number of amides is 2. The number of hydrogen-bond acceptors (Lipinski definition) is 5. The van der Waals surface area contributed by atoms with Crippen molar-refractivity contribution in [3.8, 4) is 5.75 Å². The lowest BCUT2D eigenvalue weighted by Gasteiger charge is -2.17. The predicted octanol–water partition coefficient (Wildman–Crippen LogP) is 2.50. The van der Waals surface area contributed by atoms with Gasteiger partial charge in [-0.15, -0.1) is 0 Å². The van der Waals surface area contributed by atoms with E-state index in [-0.39, 0.29) is 17.6 Å². The Kier molecular flexibility index (Phi) is 8.08. The number of carbonyl (C=O) groups is 2. The van der Waals surface area contributed by atoms with Gasteiger partial charge < -0.3 is 19.8 Å². The van der Waals surface area contributed by atoms with E-state index < -0.39 is 6.04 Å². The molecule has 1 aromatic carbocycles. The van der Waals surface area contributed by atoms with E-state index in [1.165, 1.54) is 6.26 Å². The molecule has 1 unspecified atom stereocenters. The molecule has 2 amide bonds. The van der Waals surface area contributed by atoms with E-state index in [0.29, 0.717) is 19.4 Å². The number of rotatable bonds is 10. The molecule has 0 aliphatic rings. The maximum atomic E-state index is 12.5. The van der Waals surface area contributed by atoms with Crippen molar-refractivity contribution in [3.63, 3.8) is 0 Å². The summed E-state index contributed by atoms with van der Waals surface area (Å²) in [6.45, 7) is 0.498. The molecule has 1 atom stereocenters. The molecule has 2 rings (SSSR count). The Morgan fingerprint density at radius 3 is 2.62 bits per heavy atom. The SMILES string of the molecule is COc1ccc(CCNC(=O)C(CCSC)NC(=O)c2ccco2)cc1. The van der Waals surface area contributed by atoms with Gasteiger partial charge in [-0.25, -0.2) is 0 Å². The van der Waals surface area contributed by atoms with Gasteiger partial charge in [-0.3, -0.25) is 9.59 Å². The second-order valence-electron chi connectivity index (χ2n) is 5.67. The number of methoxy groups -OCH3 is 1. The van der Waals surface area contributed by atoms with Crippen molar-refractivity contribution < 1.29 is 18.7 Å². The van der Waals surface area contributed by atoms with E-state index in [9.17, 15) is 9.59 Å². The van der Waals surface area contributed by atoms with Crippen LogP contribution in [0.4, 0.5) is 0 Å². The minimum Gasteiger partial charge on any atom is -0.497 e. The molecule has 0 bridgehead atoms.